The molecule has 0 saturated heterocycles. The summed E-state index contributed by atoms with van der Waals surface area (Å²) in [7, 11) is 0. The Morgan fingerprint density at radius 2 is 2.50 bits per heavy atom. The van der Waals surface area contributed by atoms with Gasteiger partial charge in [-0.3, -0.25) is 5.01 Å². The summed E-state index contributed by atoms with van der Waals surface area (Å²) >= 11 is 0. The van der Waals surface area contributed by atoms with E-state index in [4.69, 9.17) is 0 Å². The molecule has 0 aromatic rings. The molecule has 3 nitrogen and oxygen atoms in total. The molecule has 0 saturated carbocycles. The summed E-state index contributed by atoms with van der Waals surface area (Å²) in [6.07, 6.45) is 2.03. The highest BCUT2D eigenvalue weighted by atomic mass is 15.7. The van der Waals surface area contributed by atoms with Crippen LogP contribution in [0.2, 0.25) is 0 Å². The Balaban J connectivity index is 2.41. The van der Waals surface area contributed by atoms with Crippen LogP contribution in [0.4, 0.5) is 0 Å². The summed E-state index contributed by atoms with van der Waals surface area (Å²) in [5.74, 6) is 0. The molecule has 0 unspecified atom stereocenters. The van der Waals surface area contributed by atoms with Crippen LogP contribution in [0, 0.1) is 0 Å². The average Bonchev–Trinajstić information content (AvgIpc) is 2.14. The van der Waals surface area contributed by atoms with Crippen molar-refractivity contribution < 1.29 is 0 Å². The fraction of sp³-hybridized carbons (Fsp3) is 0.600. The van der Waals surface area contributed by atoms with Gasteiger partial charge in [-0.15, -0.1) is 5.53 Å². The normalized spacial score (nSPS) is 18.2. The average molecular weight is 113 g/mol. The molecule has 0 spiro atoms. The van der Waals surface area contributed by atoms with Crippen molar-refractivity contribution in [2.24, 2.45) is 0 Å². The van der Waals surface area contributed by atoms with Crippen LogP contribution in [-0.4, -0.2) is 11.6 Å². The molecule has 0 amide bonds. The van der Waals surface area contributed by atoms with Crippen LogP contribution >= 0.6 is 0 Å². The molecule has 0 radical (unpaired) electrons. The first-order valence-corrected chi connectivity index (χ1v) is 2.79. The molecule has 2 N–H and O–H groups in total. The van der Waals surface area contributed by atoms with Crippen LogP contribution in [-0.2, 0) is 0 Å². The lowest BCUT2D eigenvalue weighted by molar-refractivity contribution is 0.284. The predicted octanol–water partition coefficient (Wildman–Crippen LogP) is 0.192. The third-order valence-electron chi connectivity index (χ3n) is 1.09. The van der Waals surface area contributed by atoms with Gasteiger partial charge in [-0.1, -0.05) is 0 Å². The second-order valence-corrected chi connectivity index (χ2v) is 1.83. The predicted molar refractivity (Wildman–Crippen MR) is 32.4 cm³/mol. The van der Waals surface area contributed by atoms with Crippen molar-refractivity contribution in [2.75, 3.05) is 6.54 Å². The summed E-state index contributed by atoms with van der Waals surface area (Å²) in [6, 6.07) is 0. The van der Waals surface area contributed by atoms with Crippen LogP contribution in [0.1, 0.15) is 13.8 Å². The van der Waals surface area contributed by atoms with Gasteiger partial charge in [0.25, 0.3) is 0 Å². The molecule has 1 heterocycles. The van der Waals surface area contributed by atoms with Crippen LogP contribution in [0.15, 0.2) is 11.9 Å². The van der Waals surface area contributed by atoms with E-state index in [-0.39, 0.29) is 0 Å². The van der Waals surface area contributed by atoms with Gasteiger partial charge in [-0.25, -0.2) is 0 Å². The lowest BCUT2D eigenvalue weighted by Crippen LogP contribution is -2.35. The van der Waals surface area contributed by atoms with E-state index in [1.165, 1.54) is 0 Å². The Labute approximate surface area is 49.3 Å². The van der Waals surface area contributed by atoms with Crippen molar-refractivity contribution in [2.45, 2.75) is 13.8 Å². The van der Waals surface area contributed by atoms with Crippen LogP contribution < -0.4 is 11.0 Å². The van der Waals surface area contributed by atoms with Crippen molar-refractivity contribution in [1.29, 1.82) is 0 Å². The Bertz CT molecular complexity index is 108. The molecule has 0 aromatic carbocycles. The van der Waals surface area contributed by atoms with Gasteiger partial charge in [0.15, 0.2) is 0 Å². The zero-order valence-corrected chi connectivity index (χ0v) is 5.23. The summed E-state index contributed by atoms with van der Waals surface area (Å²) in [5, 5.41) is 1.98. The maximum absolute atomic E-state index is 2.96. The number of hydrazine groups is 2. The molecule has 46 valence electrons. The van der Waals surface area contributed by atoms with Gasteiger partial charge in [-0.2, -0.15) is 0 Å². The van der Waals surface area contributed by atoms with Crippen molar-refractivity contribution >= 4 is 0 Å². The summed E-state index contributed by atoms with van der Waals surface area (Å²) in [4.78, 5) is 0. The van der Waals surface area contributed by atoms with Gasteiger partial charge in [-0.05, 0) is 13.8 Å². The van der Waals surface area contributed by atoms with E-state index in [9.17, 15) is 0 Å². The van der Waals surface area contributed by atoms with Crippen LogP contribution in [0.3, 0.4) is 0 Å². The second-order valence-electron chi connectivity index (χ2n) is 1.83. The molecule has 8 heavy (non-hydrogen) atoms. The third-order valence-corrected chi connectivity index (χ3v) is 1.09. The fourth-order valence-corrected chi connectivity index (χ4v) is 0.629. The maximum Gasteiger partial charge on any atom is 0.0422 e. The lowest BCUT2D eigenvalue weighted by Gasteiger charge is -2.10. The number of hydrogen-bond acceptors (Lipinski definition) is 3. The lowest BCUT2D eigenvalue weighted by atomic mass is 10.5. The van der Waals surface area contributed by atoms with Gasteiger partial charge in [0.2, 0.25) is 0 Å². The van der Waals surface area contributed by atoms with Gasteiger partial charge in [0, 0.05) is 18.4 Å². The summed E-state index contributed by atoms with van der Waals surface area (Å²) in [6.45, 7) is 5.09. The van der Waals surface area contributed by atoms with Gasteiger partial charge < -0.3 is 5.43 Å². The Kier molecular flexibility index (Phi) is 1.39. The van der Waals surface area contributed by atoms with Crippen LogP contribution in [0.25, 0.3) is 0 Å². The highest BCUT2D eigenvalue weighted by molar-refractivity contribution is 4.96. The van der Waals surface area contributed by atoms with E-state index < -0.39 is 0 Å². The maximum atomic E-state index is 2.96. The molecular weight excluding hydrogens is 102 g/mol. The molecule has 1 rings (SSSR count). The van der Waals surface area contributed by atoms with Crippen molar-refractivity contribution in [3.63, 3.8) is 0 Å². The summed E-state index contributed by atoms with van der Waals surface area (Å²) in [5.41, 5.74) is 7.06. The molecule has 0 fully saturated rings. The minimum Gasteiger partial charge on any atom is -0.307 e. The first kappa shape index (κ1) is 5.44. The van der Waals surface area contributed by atoms with E-state index >= 15 is 0 Å². The number of nitrogens with one attached hydrogen (secondary N) is 2. The van der Waals surface area contributed by atoms with E-state index in [0.29, 0.717) is 0 Å². The Hall–Kier alpha value is -0.700. The third kappa shape index (κ3) is 0.924. The van der Waals surface area contributed by atoms with Crippen molar-refractivity contribution in [1.82, 2.24) is 16.0 Å². The SMILES string of the molecule is CCN1C=C(C)NN1. The van der Waals surface area contributed by atoms with Crippen molar-refractivity contribution in [3.05, 3.63) is 11.9 Å². The molecule has 0 aromatic heterocycles. The van der Waals surface area contributed by atoms with Crippen molar-refractivity contribution in [3.8, 4) is 0 Å². The quantitative estimate of drug-likeness (QED) is 0.508. The summed E-state index contributed by atoms with van der Waals surface area (Å²) < 4.78 is 0. The monoisotopic (exact) mass is 113 g/mol. The van der Waals surface area contributed by atoms with Gasteiger partial charge >= 0.3 is 0 Å². The molecule has 0 atom stereocenters. The Morgan fingerprint density at radius 1 is 1.75 bits per heavy atom. The molecule has 3 heteroatoms. The van der Waals surface area contributed by atoms with E-state index in [1.54, 1.807) is 0 Å². The zero-order chi connectivity index (χ0) is 5.98. The molecular formula is C5H11N3. The topological polar surface area (TPSA) is 27.3 Å². The number of nitrogens with zero attached hydrogens (tertiary/aromatic N) is 1. The molecule has 0 aliphatic carbocycles. The first-order chi connectivity index (χ1) is 3.83. The Morgan fingerprint density at radius 3 is 2.75 bits per heavy atom. The van der Waals surface area contributed by atoms with E-state index in [0.717, 1.165) is 12.2 Å². The number of hydrogen-bond donors (Lipinski definition) is 2. The first-order valence-electron chi connectivity index (χ1n) is 2.79. The molecule has 0 bridgehead atoms. The highest BCUT2D eigenvalue weighted by Gasteiger charge is 2.01. The highest BCUT2D eigenvalue weighted by Crippen LogP contribution is 1.94. The number of allylic oxidation sites excluding steroid dienone is 1. The van der Waals surface area contributed by atoms with Gasteiger partial charge in [0.1, 0.15) is 0 Å². The second kappa shape index (κ2) is 2.05. The minimum atomic E-state index is 0.990. The standard InChI is InChI=1S/C5H11N3/c1-3-8-4-5(2)6-7-8/h4,6-7H,3H2,1-2H3. The van der Waals surface area contributed by atoms with E-state index in [2.05, 4.69) is 17.9 Å². The molecule has 1 aliphatic heterocycles. The van der Waals surface area contributed by atoms with Gasteiger partial charge in [0.05, 0.1) is 0 Å². The zero-order valence-electron chi connectivity index (χ0n) is 5.23. The van der Waals surface area contributed by atoms with E-state index in [1.807, 2.05) is 18.1 Å². The number of rotatable bonds is 1. The largest absolute Gasteiger partial charge is 0.307 e. The minimum absolute atomic E-state index is 0.990. The fourth-order valence-electron chi connectivity index (χ4n) is 0.629. The molecule has 1 aliphatic rings. The van der Waals surface area contributed by atoms with Crippen LogP contribution in [0.5, 0.6) is 0 Å². The smallest absolute Gasteiger partial charge is 0.0422 e.